The number of pyridine rings is 1. The lowest BCUT2D eigenvalue weighted by molar-refractivity contribution is -0.119. The number of piperazine rings is 1. The van der Waals surface area contributed by atoms with Crippen LogP contribution in [0.25, 0.3) is 11.4 Å². The van der Waals surface area contributed by atoms with Crippen LogP contribution in [0.3, 0.4) is 0 Å². The lowest BCUT2D eigenvalue weighted by Gasteiger charge is -2.35. The van der Waals surface area contributed by atoms with Gasteiger partial charge in [0.1, 0.15) is 11.6 Å². The van der Waals surface area contributed by atoms with Gasteiger partial charge in [-0.3, -0.25) is 14.5 Å². The Morgan fingerprint density at radius 2 is 1.82 bits per heavy atom. The molecule has 170 valence electrons. The van der Waals surface area contributed by atoms with Gasteiger partial charge in [0.2, 0.25) is 5.91 Å². The third kappa shape index (κ3) is 4.26. The summed E-state index contributed by atoms with van der Waals surface area (Å²) in [5, 5.41) is 0. The molecule has 8 heteroatoms. The Labute approximate surface area is 192 Å². The SMILES string of the molecule is Cc1nc(-c2ccc(N3CCN(CC(=O)N4CCc5ccccc54)CC3)nc2)[nH]c(=O)c1C. The maximum atomic E-state index is 12.9. The summed E-state index contributed by atoms with van der Waals surface area (Å²) >= 11 is 0. The van der Waals surface area contributed by atoms with Crippen molar-refractivity contribution >= 4 is 17.4 Å². The number of aromatic nitrogens is 3. The summed E-state index contributed by atoms with van der Waals surface area (Å²) in [5.74, 6) is 1.60. The molecule has 0 radical (unpaired) electrons. The van der Waals surface area contributed by atoms with Gasteiger partial charge in [-0.15, -0.1) is 0 Å². The lowest BCUT2D eigenvalue weighted by Crippen LogP contribution is -2.50. The van der Waals surface area contributed by atoms with E-state index in [1.54, 1.807) is 13.1 Å². The van der Waals surface area contributed by atoms with E-state index in [9.17, 15) is 9.59 Å². The first kappa shape index (κ1) is 21.3. The minimum atomic E-state index is -0.121. The molecule has 8 nitrogen and oxygen atoms in total. The van der Waals surface area contributed by atoms with Crippen molar-refractivity contribution in [3.05, 3.63) is 69.8 Å². The van der Waals surface area contributed by atoms with Crippen molar-refractivity contribution in [3.8, 4) is 11.4 Å². The van der Waals surface area contributed by atoms with Crippen molar-refractivity contribution < 1.29 is 4.79 Å². The number of anilines is 2. The molecule has 4 heterocycles. The number of benzene rings is 1. The van der Waals surface area contributed by atoms with E-state index in [1.807, 2.05) is 42.2 Å². The number of carbonyl (C=O) groups excluding carboxylic acids is 1. The van der Waals surface area contributed by atoms with Crippen molar-refractivity contribution in [1.82, 2.24) is 19.9 Å². The molecule has 0 unspecified atom stereocenters. The molecule has 1 aromatic carbocycles. The Kier molecular flexibility index (Phi) is 5.68. The van der Waals surface area contributed by atoms with E-state index in [1.165, 1.54) is 5.56 Å². The third-order valence-electron chi connectivity index (χ3n) is 6.66. The maximum absolute atomic E-state index is 12.9. The molecule has 3 aromatic rings. The van der Waals surface area contributed by atoms with Crippen LogP contribution in [-0.2, 0) is 11.2 Å². The normalized spacial score (nSPS) is 16.2. The fourth-order valence-electron chi connectivity index (χ4n) is 4.50. The summed E-state index contributed by atoms with van der Waals surface area (Å²) in [5.41, 5.74) is 4.34. The first-order chi connectivity index (χ1) is 16.0. The van der Waals surface area contributed by atoms with E-state index in [0.29, 0.717) is 17.9 Å². The predicted octanol–water partition coefficient (Wildman–Crippen LogP) is 2.16. The van der Waals surface area contributed by atoms with Crippen molar-refractivity contribution in [3.63, 3.8) is 0 Å². The van der Waals surface area contributed by atoms with Crippen molar-refractivity contribution in [2.24, 2.45) is 0 Å². The minimum absolute atomic E-state index is 0.121. The summed E-state index contributed by atoms with van der Waals surface area (Å²) in [7, 11) is 0. The fourth-order valence-corrected chi connectivity index (χ4v) is 4.50. The number of aromatic amines is 1. The zero-order chi connectivity index (χ0) is 22.9. The van der Waals surface area contributed by atoms with E-state index < -0.39 is 0 Å². The number of nitrogens with one attached hydrogen (secondary N) is 1. The summed E-state index contributed by atoms with van der Waals surface area (Å²) in [6.45, 7) is 8.08. The first-order valence-corrected chi connectivity index (χ1v) is 11.4. The molecular formula is C25H28N6O2. The van der Waals surface area contributed by atoms with Gasteiger partial charge in [-0.1, -0.05) is 18.2 Å². The number of fused-ring (bicyclic) bond motifs is 1. The summed E-state index contributed by atoms with van der Waals surface area (Å²) in [6, 6.07) is 12.1. The van der Waals surface area contributed by atoms with Gasteiger partial charge < -0.3 is 14.8 Å². The van der Waals surface area contributed by atoms with Crippen LogP contribution in [0.5, 0.6) is 0 Å². The van der Waals surface area contributed by atoms with Crippen LogP contribution < -0.4 is 15.4 Å². The van der Waals surface area contributed by atoms with Crippen LogP contribution in [0.15, 0.2) is 47.4 Å². The summed E-state index contributed by atoms with van der Waals surface area (Å²) in [4.78, 5) is 43.2. The zero-order valence-corrected chi connectivity index (χ0v) is 19.0. The van der Waals surface area contributed by atoms with Crippen LogP contribution in [0.1, 0.15) is 16.8 Å². The summed E-state index contributed by atoms with van der Waals surface area (Å²) < 4.78 is 0. The number of nitrogens with zero attached hydrogens (tertiary/aromatic N) is 5. The second-order valence-electron chi connectivity index (χ2n) is 8.72. The number of rotatable bonds is 4. The Morgan fingerprint density at radius 3 is 2.55 bits per heavy atom. The van der Waals surface area contributed by atoms with Crippen molar-refractivity contribution in [2.45, 2.75) is 20.3 Å². The van der Waals surface area contributed by atoms with Gasteiger partial charge in [0.25, 0.3) is 5.56 Å². The largest absolute Gasteiger partial charge is 0.354 e. The van der Waals surface area contributed by atoms with Crippen LogP contribution >= 0.6 is 0 Å². The molecule has 0 atom stereocenters. The van der Waals surface area contributed by atoms with Gasteiger partial charge in [-0.05, 0) is 44.0 Å². The van der Waals surface area contributed by atoms with Gasteiger partial charge >= 0.3 is 0 Å². The maximum Gasteiger partial charge on any atom is 0.254 e. The molecule has 0 spiro atoms. The van der Waals surface area contributed by atoms with E-state index in [4.69, 9.17) is 0 Å². The van der Waals surface area contributed by atoms with Crippen molar-refractivity contribution in [2.75, 3.05) is 49.1 Å². The molecule has 0 aliphatic carbocycles. The Hall–Kier alpha value is -3.52. The quantitative estimate of drug-likeness (QED) is 0.664. The van der Waals surface area contributed by atoms with Crippen LogP contribution in [-0.4, -0.2) is 65.0 Å². The predicted molar refractivity (Wildman–Crippen MR) is 129 cm³/mol. The van der Waals surface area contributed by atoms with Gasteiger partial charge in [0.05, 0.1) is 6.54 Å². The number of amides is 1. The van der Waals surface area contributed by atoms with Gasteiger partial charge in [0, 0.05) is 61.4 Å². The summed E-state index contributed by atoms with van der Waals surface area (Å²) in [6.07, 6.45) is 2.69. The van der Waals surface area contributed by atoms with E-state index >= 15 is 0 Å². The molecule has 0 bridgehead atoms. The standard InChI is InChI=1S/C25H28N6O2/c1-17-18(2)27-24(28-25(17)33)20-7-8-22(26-15-20)30-13-11-29(12-14-30)16-23(32)31-10-9-19-5-3-4-6-21(19)31/h3-8,15H,9-14,16H2,1-2H3,(H,27,28,33). The molecule has 2 aliphatic rings. The Morgan fingerprint density at radius 1 is 1.03 bits per heavy atom. The highest BCUT2D eigenvalue weighted by molar-refractivity contribution is 5.96. The Bertz CT molecular complexity index is 1230. The molecule has 1 fully saturated rings. The average molecular weight is 445 g/mol. The van der Waals surface area contributed by atoms with E-state index in [0.717, 1.165) is 61.9 Å². The van der Waals surface area contributed by atoms with Crippen molar-refractivity contribution in [1.29, 1.82) is 0 Å². The molecule has 2 aliphatic heterocycles. The number of H-pyrrole nitrogens is 1. The number of para-hydroxylation sites is 1. The number of aryl methyl sites for hydroxylation is 1. The van der Waals surface area contributed by atoms with E-state index in [2.05, 4.69) is 30.8 Å². The van der Waals surface area contributed by atoms with Crippen LogP contribution in [0.4, 0.5) is 11.5 Å². The highest BCUT2D eigenvalue weighted by atomic mass is 16.2. The van der Waals surface area contributed by atoms with Gasteiger partial charge in [-0.2, -0.15) is 0 Å². The third-order valence-corrected chi connectivity index (χ3v) is 6.66. The fraction of sp³-hybridized carbons (Fsp3) is 0.360. The minimum Gasteiger partial charge on any atom is -0.354 e. The second kappa shape index (κ2) is 8.78. The molecule has 2 aromatic heterocycles. The number of carbonyl (C=O) groups is 1. The molecule has 33 heavy (non-hydrogen) atoms. The van der Waals surface area contributed by atoms with Gasteiger partial charge in [0.15, 0.2) is 0 Å². The topological polar surface area (TPSA) is 85.4 Å². The van der Waals surface area contributed by atoms with Crippen LogP contribution in [0, 0.1) is 13.8 Å². The lowest BCUT2D eigenvalue weighted by atomic mass is 10.2. The molecule has 0 saturated carbocycles. The molecular weight excluding hydrogens is 416 g/mol. The monoisotopic (exact) mass is 444 g/mol. The molecule has 1 N–H and O–H groups in total. The molecule has 5 rings (SSSR count). The Balaban J connectivity index is 1.18. The zero-order valence-electron chi connectivity index (χ0n) is 19.0. The average Bonchev–Trinajstić information content (AvgIpc) is 3.27. The second-order valence-corrected chi connectivity index (χ2v) is 8.72. The smallest absolute Gasteiger partial charge is 0.254 e. The highest BCUT2D eigenvalue weighted by Crippen LogP contribution is 2.27. The first-order valence-electron chi connectivity index (χ1n) is 11.4. The van der Waals surface area contributed by atoms with Crippen LogP contribution in [0.2, 0.25) is 0 Å². The molecule has 1 amide bonds. The molecule has 1 saturated heterocycles. The number of hydrogen-bond donors (Lipinski definition) is 1. The number of hydrogen-bond acceptors (Lipinski definition) is 6. The van der Waals surface area contributed by atoms with E-state index in [-0.39, 0.29) is 11.5 Å². The van der Waals surface area contributed by atoms with Gasteiger partial charge in [-0.25, -0.2) is 9.97 Å². The highest BCUT2D eigenvalue weighted by Gasteiger charge is 2.27.